The molecule has 156 valence electrons. The van der Waals surface area contributed by atoms with E-state index < -0.39 is 0 Å². The smallest absolute Gasteiger partial charge is 0.252 e. The Balaban J connectivity index is 1.21. The molecule has 0 radical (unpaired) electrons. The zero-order valence-electron chi connectivity index (χ0n) is 17.2. The zero-order chi connectivity index (χ0) is 20.5. The Kier molecular flexibility index (Phi) is 5.19. The number of ether oxygens (including phenoxy) is 1. The minimum Gasteiger partial charge on any atom is -0.493 e. The first-order valence-electron chi connectivity index (χ1n) is 11.1. The van der Waals surface area contributed by atoms with Crippen LogP contribution < -0.4 is 10.1 Å². The van der Waals surface area contributed by atoms with E-state index in [1.807, 2.05) is 41.3 Å². The average Bonchev–Trinajstić information content (AvgIpc) is 3.51. The van der Waals surface area contributed by atoms with Gasteiger partial charge in [0.15, 0.2) is 0 Å². The highest BCUT2D eigenvalue weighted by Crippen LogP contribution is 2.33. The lowest BCUT2D eigenvalue weighted by molar-refractivity contribution is -0.132. The van der Waals surface area contributed by atoms with E-state index in [1.54, 1.807) is 0 Å². The molecule has 0 aromatic heterocycles. The van der Waals surface area contributed by atoms with Gasteiger partial charge in [0.2, 0.25) is 5.91 Å². The van der Waals surface area contributed by atoms with Crippen LogP contribution in [0.25, 0.3) is 0 Å². The van der Waals surface area contributed by atoms with Crippen LogP contribution in [0.3, 0.4) is 0 Å². The summed E-state index contributed by atoms with van der Waals surface area (Å²) in [5, 5.41) is 2.97. The molecule has 2 aliphatic carbocycles. The summed E-state index contributed by atoms with van der Waals surface area (Å²) in [6.45, 7) is 1.41. The second kappa shape index (κ2) is 8.13. The Morgan fingerprint density at radius 1 is 1.03 bits per heavy atom. The van der Waals surface area contributed by atoms with Crippen LogP contribution in [-0.2, 0) is 11.3 Å². The van der Waals surface area contributed by atoms with Crippen molar-refractivity contribution in [2.75, 3.05) is 6.61 Å². The molecule has 2 aromatic carbocycles. The van der Waals surface area contributed by atoms with Gasteiger partial charge in [-0.3, -0.25) is 9.59 Å². The molecule has 1 N–H and O–H groups in total. The van der Waals surface area contributed by atoms with Crippen molar-refractivity contribution in [2.45, 2.75) is 57.2 Å². The molecule has 5 heteroatoms. The molecule has 1 heterocycles. The van der Waals surface area contributed by atoms with Crippen molar-refractivity contribution in [3.8, 4) is 5.75 Å². The maximum absolute atomic E-state index is 13.1. The number of carbonyl (C=O) groups excluding carboxylic acids is 2. The predicted octanol–water partition coefficient (Wildman–Crippen LogP) is 4.23. The highest BCUT2D eigenvalue weighted by Gasteiger charge is 2.36. The molecule has 5 rings (SSSR count). The van der Waals surface area contributed by atoms with E-state index in [2.05, 4.69) is 17.4 Å². The van der Waals surface area contributed by atoms with Crippen LogP contribution in [0.5, 0.6) is 5.75 Å². The molecule has 1 atom stereocenters. The molecule has 1 aliphatic heterocycles. The molecule has 2 saturated carbocycles. The highest BCUT2D eigenvalue weighted by molar-refractivity contribution is 5.99. The van der Waals surface area contributed by atoms with Gasteiger partial charge < -0.3 is 15.0 Å². The molecule has 1 unspecified atom stereocenters. The molecule has 3 aliphatic rings. The van der Waals surface area contributed by atoms with E-state index in [0.29, 0.717) is 30.5 Å². The van der Waals surface area contributed by atoms with E-state index in [9.17, 15) is 9.59 Å². The summed E-state index contributed by atoms with van der Waals surface area (Å²) in [4.78, 5) is 27.3. The van der Waals surface area contributed by atoms with Crippen molar-refractivity contribution in [3.63, 3.8) is 0 Å². The number of fused-ring (bicyclic) bond motifs is 1. The van der Waals surface area contributed by atoms with Crippen LogP contribution in [0.4, 0.5) is 0 Å². The normalized spacial score (nSPS) is 20.3. The number of amides is 2. The number of nitrogens with zero attached hydrogens (tertiary/aromatic N) is 1. The fraction of sp³-hybridized carbons (Fsp3) is 0.440. The van der Waals surface area contributed by atoms with E-state index in [4.69, 9.17) is 4.74 Å². The first kappa shape index (κ1) is 19.2. The Bertz CT molecular complexity index is 932. The van der Waals surface area contributed by atoms with Gasteiger partial charge in [-0.25, -0.2) is 0 Å². The lowest BCUT2D eigenvalue weighted by Gasteiger charge is -2.25. The lowest BCUT2D eigenvalue weighted by atomic mass is 9.86. The number of rotatable bonds is 8. The van der Waals surface area contributed by atoms with Crippen LogP contribution >= 0.6 is 0 Å². The Hall–Kier alpha value is -2.82. The Labute approximate surface area is 177 Å². The second-order valence-corrected chi connectivity index (χ2v) is 8.82. The molecule has 0 spiro atoms. The minimum atomic E-state index is -0.232. The minimum absolute atomic E-state index is 0.0844. The fourth-order valence-corrected chi connectivity index (χ4v) is 4.34. The first-order chi connectivity index (χ1) is 14.7. The summed E-state index contributed by atoms with van der Waals surface area (Å²) in [5.74, 6) is 1.64. The van der Waals surface area contributed by atoms with Gasteiger partial charge in [-0.1, -0.05) is 36.8 Å². The zero-order valence-corrected chi connectivity index (χ0v) is 17.2. The van der Waals surface area contributed by atoms with Crippen LogP contribution in [0.1, 0.15) is 66.1 Å². The maximum atomic E-state index is 13.1. The number of nitrogens with one attached hydrogen (secondary N) is 1. The van der Waals surface area contributed by atoms with Crippen molar-refractivity contribution in [3.05, 3.63) is 65.2 Å². The maximum Gasteiger partial charge on any atom is 0.252 e. The van der Waals surface area contributed by atoms with E-state index in [-0.39, 0.29) is 17.9 Å². The van der Waals surface area contributed by atoms with Crippen LogP contribution in [0.15, 0.2) is 48.5 Å². The molecule has 30 heavy (non-hydrogen) atoms. The lowest BCUT2D eigenvalue weighted by Crippen LogP contribution is -2.35. The third-order valence-corrected chi connectivity index (χ3v) is 6.56. The molecular formula is C25H28N2O3. The van der Waals surface area contributed by atoms with Gasteiger partial charge in [0.25, 0.3) is 5.91 Å². The standard InChI is InChI=1S/C25H28N2O3/c28-24(14-23-21-6-1-2-7-22(21)25(29)26-23)27(19-10-11-19)15-17-8-12-20(13-9-17)30-16-18-4-3-5-18/h1-2,6-9,12-13,18-19,23H,3-5,10-11,14-16H2,(H,26,29). The summed E-state index contributed by atoms with van der Waals surface area (Å²) in [5.41, 5.74) is 2.73. The fourth-order valence-electron chi connectivity index (χ4n) is 4.34. The van der Waals surface area contributed by atoms with Crippen LogP contribution in [-0.4, -0.2) is 29.4 Å². The first-order valence-corrected chi connectivity index (χ1v) is 11.1. The van der Waals surface area contributed by atoms with E-state index in [1.165, 1.54) is 19.3 Å². The molecule has 5 nitrogen and oxygen atoms in total. The number of hydrogen-bond acceptors (Lipinski definition) is 3. The van der Waals surface area contributed by atoms with Crippen molar-refractivity contribution in [1.29, 1.82) is 0 Å². The van der Waals surface area contributed by atoms with Crippen LogP contribution in [0.2, 0.25) is 0 Å². The van der Waals surface area contributed by atoms with Crippen LogP contribution in [0, 0.1) is 5.92 Å². The Morgan fingerprint density at radius 2 is 1.80 bits per heavy atom. The van der Waals surface area contributed by atoms with Gasteiger partial charge in [-0.05, 0) is 60.9 Å². The predicted molar refractivity (Wildman–Crippen MR) is 114 cm³/mol. The van der Waals surface area contributed by atoms with Gasteiger partial charge in [0.1, 0.15) is 5.75 Å². The van der Waals surface area contributed by atoms with Gasteiger partial charge in [-0.15, -0.1) is 0 Å². The van der Waals surface area contributed by atoms with Crippen molar-refractivity contribution in [2.24, 2.45) is 5.92 Å². The summed E-state index contributed by atoms with van der Waals surface area (Å²) in [7, 11) is 0. The van der Waals surface area contributed by atoms with Crippen molar-refractivity contribution >= 4 is 11.8 Å². The molecule has 0 saturated heterocycles. The topological polar surface area (TPSA) is 58.6 Å². The van der Waals surface area contributed by atoms with Crippen molar-refractivity contribution < 1.29 is 14.3 Å². The summed E-state index contributed by atoms with van der Waals surface area (Å²) >= 11 is 0. The summed E-state index contributed by atoms with van der Waals surface area (Å²) < 4.78 is 5.89. The number of benzene rings is 2. The monoisotopic (exact) mass is 404 g/mol. The number of carbonyl (C=O) groups is 2. The van der Waals surface area contributed by atoms with E-state index in [0.717, 1.165) is 36.3 Å². The summed E-state index contributed by atoms with van der Waals surface area (Å²) in [6.07, 6.45) is 6.31. The van der Waals surface area contributed by atoms with E-state index >= 15 is 0 Å². The average molecular weight is 405 g/mol. The Morgan fingerprint density at radius 3 is 2.50 bits per heavy atom. The molecular weight excluding hydrogens is 376 g/mol. The van der Waals surface area contributed by atoms with Gasteiger partial charge in [-0.2, -0.15) is 0 Å². The summed E-state index contributed by atoms with van der Waals surface area (Å²) in [6, 6.07) is 15.8. The third kappa shape index (κ3) is 4.07. The highest BCUT2D eigenvalue weighted by atomic mass is 16.5. The van der Waals surface area contributed by atoms with Gasteiger partial charge >= 0.3 is 0 Å². The molecule has 2 amide bonds. The molecule has 2 fully saturated rings. The third-order valence-electron chi connectivity index (χ3n) is 6.56. The second-order valence-electron chi connectivity index (χ2n) is 8.82. The number of hydrogen-bond donors (Lipinski definition) is 1. The molecule has 0 bridgehead atoms. The van der Waals surface area contributed by atoms with Crippen molar-refractivity contribution in [1.82, 2.24) is 10.2 Å². The molecule has 2 aromatic rings. The van der Waals surface area contributed by atoms with Gasteiger partial charge in [0, 0.05) is 18.2 Å². The largest absolute Gasteiger partial charge is 0.493 e. The van der Waals surface area contributed by atoms with Gasteiger partial charge in [0.05, 0.1) is 19.1 Å². The SMILES string of the molecule is O=C1NC(CC(=O)N(Cc2ccc(OCC3CCC3)cc2)C2CC2)c2ccccc21. The quantitative estimate of drug-likeness (QED) is 0.716.